The van der Waals surface area contributed by atoms with E-state index in [1.54, 1.807) is 0 Å². The van der Waals surface area contributed by atoms with Gasteiger partial charge in [-0.15, -0.1) is 0 Å². The van der Waals surface area contributed by atoms with Gasteiger partial charge in [-0.2, -0.15) is 0 Å². The number of phenolic OH excluding ortho intramolecular Hbond substituents is 1. The Morgan fingerprint density at radius 1 is 1.28 bits per heavy atom. The zero-order chi connectivity index (χ0) is 13.7. The molecule has 1 aromatic carbocycles. The molecule has 1 rings (SSSR count). The number of carboxylic acids is 1. The van der Waals surface area contributed by atoms with Gasteiger partial charge in [-0.1, -0.05) is 0 Å². The number of benzene rings is 1. The van der Waals surface area contributed by atoms with E-state index in [4.69, 9.17) is 5.11 Å². The SMILES string of the molecule is CC(=O)Nc1ccc(C(=O)NCC(=O)O)cc1O. The normalized spacial score (nSPS) is 9.61. The molecular formula is C11H12N2O5. The minimum atomic E-state index is -1.16. The van der Waals surface area contributed by atoms with Gasteiger partial charge in [0.2, 0.25) is 5.91 Å². The second-order valence-corrected chi connectivity index (χ2v) is 3.49. The van der Waals surface area contributed by atoms with E-state index < -0.39 is 18.4 Å². The van der Waals surface area contributed by atoms with Crippen molar-refractivity contribution in [3.63, 3.8) is 0 Å². The lowest BCUT2D eigenvalue weighted by molar-refractivity contribution is -0.135. The van der Waals surface area contributed by atoms with Crippen molar-refractivity contribution in [2.45, 2.75) is 6.92 Å². The number of carbonyl (C=O) groups is 3. The maximum atomic E-state index is 11.5. The molecule has 0 atom stereocenters. The largest absolute Gasteiger partial charge is 0.506 e. The van der Waals surface area contributed by atoms with Crippen LogP contribution >= 0.6 is 0 Å². The molecule has 7 nitrogen and oxygen atoms in total. The maximum absolute atomic E-state index is 11.5. The Morgan fingerprint density at radius 2 is 1.94 bits per heavy atom. The van der Waals surface area contributed by atoms with E-state index in [-0.39, 0.29) is 22.9 Å². The van der Waals surface area contributed by atoms with Gasteiger partial charge in [0.05, 0.1) is 5.69 Å². The molecule has 0 spiro atoms. The van der Waals surface area contributed by atoms with Crippen LogP contribution in [0.3, 0.4) is 0 Å². The molecule has 0 aromatic heterocycles. The Labute approximate surface area is 102 Å². The monoisotopic (exact) mass is 252 g/mol. The number of carboxylic acid groups (broad SMARTS) is 1. The van der Waals surface area contributed by atoms with Crippen LogP contribution < -0.4 is 10.6 Å². The van der Waals surface area contributed by atoms with E-state index in [1.165, 1.54) is 19.1 Å². The zero-order valence-corrected chi connectivity index (χ0v) is 9.56. The van der Waals surface area contributed by atoms with E-state index >= 15 is 0 Å². The van der Waals surface area contributed by atoms with Gasteiger partial charge in [0.15, 0.2) is 0 Å². The second kappa shape index (κ2) is 5.67. The van der Waals surface area contributed by atoms with Crippen LogP contribution in [0, 0.1) is 0 Å². The molecule has 0 aliphatic heterocycles. The first kappa shape index (κ1) is 13.5. The number of aliphatic carboxylic acids is 1. The van der Waals surface area contributed by atoms with Gasteiger partial charge in [0.1, 0.15) is 12.3 Å². The van der Waals surface area contributed by atoms with Gasteiger partial charge >= 0.3 is 5.97 Å². The molecule has 96 valence electrons. The molecule has 0 bridgehead atoms. The third kappa shape index (κ3) is 3.78. The minimum Gasteiger partial charge on any atom is -0.506 e. The fourth-order valence-corrected chi connectivity index (χ4v) is 1.23. The summed E-state index contributed by atoms with van der Waals surface area (Å²) in [6, 6.07) is 3.86. The van der Waals surface area contributed by atoms with E-state index in [0.29, 0.717) is 0 Å². The standard InChI is InChI=1S/C11H12N2O5/c1-6(14)13-8-3-2-7(4-9(8)15)11(18)12-5-10(16)17/h2-4,15H,5H2,1H3,(H,12,18)(H,13,14)(H,16,17). The zero-order valence-electron chi connectivity index (χ0n) is 9.56. The number of rotatable bonds is 4. The average Bonchev–Trinajstić information content (AvgIpc) is 2.28. The number of hydrogen-bond donors (Lipinski definition) is 4. The third-order valence-corrected chi connectivity index (χ3v) is 1.97. The predicted molar refractivity (Wildman–Crippen MR) is 62.4 cm³/mol. The Morgan fingerprint density at radius 3 is 2.44 bits per heavy atom. The molecule has 2 amide bonds. The smallest absolute Gasteiger partial charge is 0.322 e. The first-order valence-electron chi connectivity index (χ1n) is 5.00. The first-order valence-corrected chi connectivity index (χ1v) is 5.00. The highest BCUT2D eigenvalue weighted by Crippen LogP contribution is 2.24. The van der Waals surface area contributed by atoms with Gasteiger partial charge in [-0.25, -0.2) is 0 Å². The summed E-state index contributed by atoms with van der Waals surface area (Å²) in [6.07, 6.45) is 0. The lowest BCUT2D eigenvalue weighted by Crippen LogP contribution is -2.29. The molecule has 0 aliphatic rings. The molecule has 18 heavy (non-hydrogen) atoms. The van der Waals surface area contributed by atoms with Crippen LogP contribution in [0.25, 0.3) is 0 Å². The van der Waals surface area contributed by atoms with Crippen LogP contribution in [-0.4, -0.2) is 34.5 Å². The molecule has 7 heteroatoms. The van der Waals surface area contributed by atoms with Crippen molar-refractivity contribution in [1.29, 1.82) is 0 Å². The van der Waals surface area contributed by atoms with Crippen LogP contribution in [0.5, 0.6) is 5.75 Å². The van der Waals surface area contributed by atoms with Crippen LogP contribution in [0.2, 0.25) is 0 Å². The lowest BCUT2D eigenvalue weighted by atomic mass is 10.1. The summed E-state index contributed by atoms with van der Waals surface area (Å²) < 4.78 is 0. The Bertz CT molecular complexity index is 498. The molecule has 0 fully saturated rings. The summed E-state index contributed by atoms with van der Waals surface area (Å²) in [5.74, 6) is -2.41. The molecule has 4 N–H and O–H groups in total. The van der Waals surface area contributed by atoms with E-state index in [2.05, 4.69) is 10.6 Å². The molecule has 1 aromatic rings. The third-order valence-electron chi connectivity index (χ3n) is 1.97. The van der Waals surface area contributed by atoms with E-state index in [1.807, 2.05) is 0 Å². The number of phenols is 1. The van der Waals surface area contributed by atoms with Crippen LogP contribution in [0.15, 0.2) is 18.2 Å². The highest BCUT2D eigenvalue weighted by atomic mass is 16.4. The van der Waals surface area contributed by atoms with Crippen molar-refractivity contribution in [3.8, 4) is 5.75 Å². The number of anilines is 1. The highest BCUT2D eigenvalue weighted by Gasteiger charge is 2.10. The fraction of sp³-hybridized carbons (Fsp3) is 0.182. The van der Waals surface area contributed by atoms with Crippen LogP contribution in [0.1, 0.15) is 17.3 Å². The van der Waals surface area contributed by atoms with Crippen molar-refractivity contribution in [3.05, 3.63) is 23.8 Å². The molecule has 0 saturated heterocycles. The van der Waals surface area contributed by atoms with Crippen molar-refractivity contribution in [1.82, 2.24) is 5.32 Å². The van der Waals surface area contributed by atoms with E-state index in [9.17, 15) is 19.5 Å². The van der Waals surface area contributed by atoms with Gasteiger partial charge < -0.3 is 20.8 Å². The average molecular weight is 252 g/mol. The number of aromatic hydroxyl groups is 1. The van der Waals surface area contributed by atoms with Crippen molar-refractivity contribution in [2.24, 2.45) is 0 Å². The predicted octanol–water partition coefficient (Wildman–Crippen LogP) is 0.165. The summed E-state index contributed by atoms with van der Waals surface area (Å²) in [4.78, 5) is 32.5. The number of hydrogen-bond acceptors (Lipinski definition) is 4. The van der Waals surface area contributed by atoms with Crippen molar-refractivity contribution in [2.75, 3.05) is 11.9 Å². The van der Waals surface area contributed by atoms with E-state index in [0.717, 1.165) is 6.07 Å². The summed E-state index contributed by atoms with van der Waals surface area (Å²) >= 11 is 0. The highest BCUT2D eigenvalue weighted by molar-refractivity contribution is 5.97. The second-order valence-electron chi connectivity index (χ2n) is 3.49. The maximum Gasteiger partial charge on any atom is 0.322 e. The number of amides is 2. The quantitative estimate of drug-likeness (QED) is 0.570. The molecule has 0 radical (unpaired) electrons. The van der Waals surface area contributed by atoms with Gasteiger partial charge in [0, 0.05) is 12.5 Å². The molecule has 0 unspecified atom stereocenters. The minimum absolute atomic E-state index is 0.0999. The lowest BCUT2D eigenvalue weighted by Gasteiger charge is -2.07. The number of nitrogens with one attached hydrogen (secondary N) is 2. The summed E-state index contributed by atoms with van der Waals surface area (Å²) in [7, 11) is 0. The van der Waals surface area contributed by atoms with Gasteiger partial charge in [-0.05, 0) is 18.2 Å². The van der Waals surface area contributed by atoms with Gasteiger partial charge in [0.25, 0.3) is 5.91 Å². The molecule has 0 heterocycles. The van der Waals surface area contributed by atoms with Crippen LogP contribution in [-0.2, 0) is 9.59 Å². The Hall–Kier alpha value is -2.57. The van der Waals surface area contributed by atoms with Crippen molar-refractivity contribution >= 4 is 23.5 Å². The Balaban J connectivity index is 2.80. The topological polar surface area (TPSA) is 116 Å². The molecule has 0 aliphatic carbocycles. The molecule has 0 saturated carbocycles. The van der Waals surface area contributed by atoms with Crippen LogP contribution in [0.4, 0.5) is 5.69 Å². The Kier molecular flexibility index (Phi) is 4.25. The molecular weight excluding hydrogens is 240 g/mol. The first-order chi connectivity index (χ1) is 8.40. The van der Waals surface area contributed by atoms with Crippen molar-refractivity contribution < 1.29 is 24.6 Å². The summed E-state index contributed by atoms with van der Waals surface area (Å²) in [5, 5.41) is 22.5. The fourth-order valence-electron chi connectivity index (χ4n) is 1.23. The summed E-state index contributed by atoms with van der Waals surface area (Å²) in [6.45, 7) is 0.778. The summed E-state index contributed by atoms with van der Waals surface area (Å²) in [5.41, 5.74) is 0.278. The number of carbonyl (C=O) groups excluding carboxylic acids is 2. The van der Waals surface area contributed by atoms with Gasteiger partial charge in [-0.3, -0.25) is 14.4 Å².